The fourth-order valence-electron chi connectivity index (χ4n) is 2.96. The smallest absolute Gasteiger partial charge is 0.351 e. The zero-order chi connectivity index (χ0) is 20.4. The summed E-state index contributed by atoms with van der Waals surface area (Å²) in [5, 5.41) is 1.16. The lowest BCUT2D eigenvalue weighted by Gasteiger charge is -2.11. The van der Waals surface area contributed by atoms with Crippen molar-refractivity contribution in [2.45, 2.75) is 6.61 Å². The fourth-order valence-corrected chi connectivity index (χ4v) is 3.84. The highest BCUT2D eigenvalue weighted by molar-refractivity contribution is 6.58. The summed E-state index contributed by atoms with van der Waals surface area (Å²) < 4.78 is 12.0. The van der Waals surface area contributed by atoms with Crippen LogP contribution in [0.5, 0.6) is 11.5 Å². The molecule has 146 valence electrons. The van der Waals surface area contributed by atoms with Gasteiger partial charge < -0.3 is 9.16 Å². The van der Waals surface area contributed by atoms with Gasteiger partial charge in [0.1, 0.15) is 18.1 Å². The number of hydrogen-bond acceptors (Lipinski definition) is 2. The molecule has 4 rings (SSSR count). The Labute approximate surface area is 180 Å². The van der Waals surface area contributed by atoms with Crippen LogP contribution >= 0.6 is 0 Å². The van der Waals surface area contributed by atoms with E-state index in [0.29, 0.717) is 6.61 Å². The second kappa shape index (κ2) is 10.3. The molecule has 4 aromatic rings. The van der Waals surface area contributed by atoms with Crippen LogP contribution in [0, 0.1) is 0 Å². The SMILES string of the molecule is C(=C(/[Si]Oc1ccc(OCc2ccccc2)cc1)c1ccccc1)/c1ccccc1. The summed E-state index contributed by atoms with van der Waals surface area (Å²) in [6, 6.07) is 38.7. The fraction of sp³-hybridized carbons (Fsp3) is 0.0370. The van der Waals surface area contributed by atoms with Crippen molar-refractivity contribution in [3.8, 4) is 11.5 Å². The minimum atomic E-state index is 0.199. The topological polar surface area (TPSA) is 18.5 Å². The number of ether oxygens (including phenoxy) is 1. The average Bonchev–Trinajstić information content (AvgIpc) is 2.83. The average molecular weight is 407 g/mol. The normalized spacial score (nSPS) is 11.1. The maximum atomic E-state index is 6.12. The zero-order valence-corrected chi connectivity index (χ0v) is 17.6. The summed E-state index contributed by atoms with van der Waals surface area (Å²) >= 11 is 0. The van der Waals surface area contributed by atoms with E-state index in [1.54, 1.807) is 0 Å². The van der Waals surface area contributed by atoms with Crippen molar-refractivity contribution >= 4 is 21.0 Å². The molecule has 0 aliphatic heterocycles. The van der Waals surface area contributed by atoms with Crippen LogP contribution in [-0.4, -0.2) is 9.76 Å². The summed E-state index contributed by atoms with van der Waals surface area (Å²) in [6.45, 7) is 0.556. The van der Waals surface area contributed by atoms with Crippen molar-refractivity contribution in [1.29, 1.82) is 0 Å². The van der Waals surface area contributed by atoms with Crippen LogP contribution in [0.15, 0.2) is 115 Å². The molecule has 2 radical (unpaired) electrons. The monoisotopic (exact) mass is 406 g/mol. The van der Waals surface area contributed by atoms with Crippen LogP contribution in [0.4, 0.5) is 0 Å². The highest BCUT2D eigenvalue weighted by atomic mass is 28.2. The Morgan fingerprint density at radius 3 is 1.87 bits per heavy atom. The van der Waals surface area contributed by atoms with Gasteiger partial charge in [-0.15, -0.1) is 0 Å². The zero-order valence-electron chi connectivity index (χ0n) is 16.6. The van der Waals surface area contributed by atoms with E-state index >= 15 is 0 Å². The van der Waals surface area contributed by atoms with E-state index in [1.807, 2.05) is 66.7 Å². The quantitative estimate of drug-likeness (QED) is 0.247. The van der Waals surface area contributed by atoms with Gasteiger partial charge in [0.2, 0.25) is 0 Å². The van der Waals surface area contributed by atoms with Crippen LogP contribution in [0.1, 0.15) is 16.7 Å². The van der Waals surface area contributed by atoms with E-state index in [-0.39, 0.29) is 9.76 Å². The number of rotatable bonds is 8. The van der Waals surface area contributed by atoms with E-state index in [1.165, 1.54) is 5.56 Å². The minimum absolute atomic E-state index is 0.199. The second-order valence-electron chi connectivity index (χ2n) is 6.78. The molecule has 0 aromatic heterocycles. The van der Waals surface area contributed by atoms with Gasteiger partial charge in [0.05, 0.1) is 0 Å². The molecule has 0 aliphatic carbocycles. The van der Waals surface area contributed by atoms with E-state index in [4.69, 9.17) is 9.16 Å². The molecule has 0 bridgehead atoms. The largest absolute Gasteiger partial charge is 0.536 e. The summed E-state index contributed by atoms with van der Waals surface area (Å²) in [4.78, 5) is 0. The number of hydrogen-bond donors (Lipinski definition) is 0. The Morgan fingerprint density at radius 1 is 0.633 bits per heavy atom. The van der Waals surface area contributed by atoms with Crippen molar-refractivity contribution in [3.05, 3.63) is 132 Å². The number of benzene rings is 4. The Balaban J connectivity index is 1.41. The molecule has 0 unspecified atom stereocenters. The lowest BCUT2D eigenvalue weighted by atomic mass is 10.1. The molecule has 4 aromatic carbocycles. The molecule has 0 atom stereocenters. The highest BCUT2D eigenvalue weighted by Gasteiger charge is 2.07. The molecule has 3 heteroatoms. The maximum Gasteiger partial charge on any atom is 0.351 e. The van der Waals surface area contributed by atoms with Gasteiger partial charge in [-0.05, 0) is 46.2 Å². The van der Waals surface area contributed by atoms with Crippen molar-refractivity contribution in [1.82, 2.24) is 0 Å². The van der Waals surface area contributed by atoms with Gasteiger partial charge in [-0.25, -0.2) is 0 Å². The first-order chi connectivity index (χ1) is 14.9. The second-order valence-corrected chi connectivity index (χ2v) is 7.73. The molecule has 0 aliphatic rings. The van der Waals surface area contributed by atoms with Gasteiger partial charge in [0.15, 0.2) is 0 Å². The van der Waals surface area contributed by atoms with Crippen molar-refractivity contribution in [3.63, 3.8) is 0 Å². The van der Waals surface area contributed by atoms with Gasteiger partial charge in [0, 0.05) is 0 Å². The Hall–Kier alpha value is -3.56. The van der Waals surface area contributed by atoms with Crippen molar-refractivity contribution in [2.75, 3.05) is 0 Å². The highest BCUT2D eigenvalue weighted by Crippen LogP contribution is 2.22. The Morgan fingerprint density at radius 2 is 1.20 bits per heavy atom. The lowest BCUT2D eigenvalue weighted by molar-refractivity contribution is 0.306. The van der Waals surface area contributed by atoms with Crippen LogP contribution in [0.2, 0.25) is 0 Å². The summed E-state index contributed by atoms with van der Waals surface area (Å²) in [5.41, 5.74) is 3.48. The third kappa shape index (κ3) is 5.72. The Kier molecular flexibility index (Phi) is 6.77. The van der Waals surface area contributed by atoms with E-state index in [0.717, 1.165) is 27.8 Å². The predicted octanol–water partition coefficient (Wildman–Crippen LogP) is 6.46. The van der Waals surface area contributed by atoms with E-state index in [2.05, 4.69) is 54.6 Å². The van der Waals surface area contributed by atoms with Crippen LogP contribution in [0.25, 0.3) is 11.3 Å². The van der Waals surface area contributed by atoms with Crippen molar-refractivity contribution in [2.24, 2.45) is 0 Å². The third-order valence-corrected chi connectivity index (χ3v) is 5.54. The maximum absolute atomic E-state index is 6.12. The third-order valence-electron chi connectivity index (χ3n) is 4.55. The van der Waals surface area contributed by atoms with Gasteiger partial charge in [0.25, 0.3) is 0 Å². The molecular weight excluding hydrogens is 384 g/mol. The van der Waals surface area contributed by atoms with Gasteiger partial charge in [-0.1, -0.05) is 97.1 Å². The van der Waals surface area contributed by atoms with E-state index < -0.39 is 0 Å². The molecule has 0 amide bonds. The molecule has 0 saturated heterocycles. The van der Waals surface area contributed by atoms with Crippen molar-refractivity contribution < 1.29 is 9.16 Å². The molecule has 0 N–H and O–H groups in total. The molecule has 30 heavy (non-hydrogen) atoms. The van der Waals surface area contributed by atoms with E-state index in [9.17, 15) is 0 Å². The molecule has 0 heterocycles. The predicted molar refractivity (Wildman–Crippen MR) is 124 cm³/mol. The van der Waals surface area contributed by atoms with Crippen LogP contribution in [-0.2, 0) is 6.61 Å². The van der Waals surface area contributed by atoms with Gasteiger partial charge in [-0.3, -0.25) is 0 Å². The summed E-state index contributed by atoms with van der Waals surface area (Å²) in [7, 11) is 0.199. The van der Waals surface area contributed by atoms with Crippen LogP contribution in [0.3, 0.4) is 0 Å². The van der Waals surface area contributed by atoms with Gasteiger partial charge in [-0.2, -0.15) is 0 Å². The summed E-state index contributed by atoms with van der Waals surface area (Å²) in [5.74, 6) is 1.66. The molecule has 0 fully saturated rings. The molecular formula is C27H22O2Si. The molecule has 0 spiro atoms. The first kappa shape index (κ1) is 19.7. The lowest BCUT2D eigenvalue weighted by Crippen LogP contribution is -2.06. The molecule has 0 saturated carbocycles. The van der Waals surface area contributed by atoms with Crippen LogP contribution < -0.4 is 9.16 Å². The Bertz CT molecular complexity index is 1060. The van der Waals surface area contributed by atoms with Gasteiger partial charge >= 0.3 is 9.76 Å². The standard InChI is InChI=1S/C27H22O2Si/c1-4-10-22(11-5-1)20-27(24-14-8-3-9-15-24)30-29-26-18-16-25(17-19-26)28-21-23-12-6-2-7-13-23/h1-20H,21H2/b27-20-. The summed E-state index contributed by atoms with van der Waals surface area (Å²) in [6.07, 6.45) is 2.19. The first-order valence-corrected chi connectivity index (χ1v) is 10.8. The molecule has 2 nitrogen and oxygen atoms in total. The first-order valence-electron chi connectivity index (χ1n) is 9.89. The minimum Gasteiger partial charge on any atom is -0.536 e.